The molecule has 14 heavy (non-hydrogen) atoms. The average molecular weight is 200 g/mol. The summed E-state index contributed by atoms with van der Waals surface area (Å²) in [7, 11) is 0. The molecule has 1 amide bonds. The van der Waals surface area contributed by atoms with Crippen molar-refractivity contribution in [3.05, 3.63) is 0 Å². The minimum Gasteiger partial charge on any atom is -0.389 e. The van der Waals surface area contributed by atoms with E-state index in [2.05, 4.69) is 10.6 Å². The first kappa shape index (κ1) is 11.5. The number of aliphatic hydroxyl groups is 1. The van der Waals surface area contributed by atoms with Gasteiger partial charge in [0, 0.05) is 26.6 Å². The maximum Gasteiger partial charge on any atom is 0.216 e. The summed E-state index contributed by atoms with van der Waals surface area (Å²) < 4.78 is 0. The minimum absolute atomic E-state index is 0.00798. The molecule has 0 atom stereocenters. The highest BCUT2D eigenvalue weighted by atomic mass is 16.3. The van der Waals surface area contributed by atoms with Gasteiger partial charge in [-0.2, -0.15) is 0 Å². The van der Waals surface area contributed by atoms with E-state index in [0.717, 1.165) is 32.2 Å². The second-order valence-electron chi connectivity index (χ2n) is 4.09. The van der Waals surface area contributed by atoms with Gasteiger partial charge in [-0.15, -0.1) is 0 Å². The van der Waals surface area contributed by atoms with Crippen LogP contribution in [0.3, 0.4) is 0 Å². The van der Waals surface area contributed by atoms with Gasteiger partial charge >= 0.3 is 0 Å². The lowest BCUT2D eigenvalue weighted by atomic mass is 10.0. The summed E-state index contributed by atoms with van der Waals surface area (Å²) in [5.74, 6) is -0.00798. The molecule has 0 aromatic rings. The Balaban J connectivity index is 2.00. The predicted molar refractivity (Wildman–Crippen MR) is 55.0 cm³/mol. The van der Waals surface area contributed by atoms with Crippen LogP contribution in [0, 0.1) is 0 Å². The maximum atomic E-state index is 10.5. The van der Waals surface area contributed by atoms with Crippen molar-refractivity contribution in [3.63, 3.8) is 0 Å². The molecule has 0 spiro atoms. The van der Waals surface area contributed by atoms with E-state index in [1.54, 1.807) is 0 Å². The summed E-state index contributed by atoms with van der Waals surface area (Å²) in [6.07, 6.45) is 4.06. The van der Waals surface area contributed by atoms with Gasteiger partial charge in [-0.3, -0.25) is 4.79 Å². The molecular weight excluding hydrogens is 180 g/mol. The van der Waals surface area contributed by atoms with Gasteiger partial charge in [-0.25, -0.2) is 0 Å². The normalized spacial score (nSPS) is 19.6. The molecule has 4 nitrogen and oxygen atoms in total. The van der Waals surface area contributed by atoms with Crippen LogP contribution in [0.1, 0.15) is 32.6 Å². The molecule has 0 bridgehead atoms. The standard InChI is InChI=1S/C10H20N2O2/c1-9(13)12-7-6-11-8-10(14)4-2-3-5-10/h11,14H,2-8H2,1H3,(H,12,13). The lowest BCUT2D eigenvalue weighted by Gasteiger charge is -2.22. The summed E-state index contributed by atoms with van der Waals surface area (Å²) in [4.78, 5) is 10.5. The van der Waals surface area contributed by atoms with Crippen LogP contribution in [-0.4, -0.2) is 36.2 Å². The third kappa shape index (κ3) is 4.07. The van der Waals surface area contributed by atoms with Crippen LogP contribution < -0.4 is 10.6 Å². The van der Waals surface area contributed by atoms with E-state index in [4.69, 9.17) is 0 Å². The number of carbonyl (C=O) groups excluding carboxylic acids is 1. The fourth-order valence-electron chi connectivity index (χ4n) is 1.86. The Morgan fingerprint density at radius 1 is 1.36 bits per heavy atom. The van der Waals surface area contributed by atoms with E-state index in [1.165, 1.54) is 6.92 Å². The molecular formula is C10H20N2O2. The monoisotopic (exact) mass is 200 g/mol. The van der Waals surface area contributed by atoms with Crippen LogP contribution in [0.4, 0.5) is 0 Å². The number of amides is 1. The van der Waals surface area contributed by atoms with E-state index in [-0.39, 0.29) is 5.91 Å². The fourth-order valence-corrected chi connectivity index (χ4v) is 1.86. The molecule has 82 valence electrons. The highest BCUT2D eigenvalue weighted by Gasteiger charge is 2.30. The second kappa shape index (κ2) is 5.32. The van der Waals surface area contributed by atoms with Gasteiger partial charge < -0.3 is 15.7 Å². The molecule has 0 aromatic carbocycles. The van der Waals surface area contributed by atoms with Crippen LogP contribution in [0.25, 0.3) is 0 Å². The summed E-state index contributed by atoms with van der Waals surface area (Å²) >= 11 is 0. The van der Waals surface area contributed by atoms with Crippen LogP contribution >= 0.6 is 0 Å². The van der Waals surface area contributed by atoms with Crippen molar-refractivity contribution in [2.75, 3.05) is 19.6 Å². The fraction of sp³-hybridized carbons (Fsp3) is 0.900. The Hall–Kier alpha value is -0.610. The van der Waals surface area contributed by atoms with Gasteiger partial charge in [-0.1, -0.05) is 12.8 Å². The Labute approximate surface area is 85.1 Å². The largest absolute Gasteiger partial charge is 0.389 e. The average Bonchev–Trinajstić information content (AvgIpc) is 2.51. The predicted octanol–water partition coefficient (Wildman–Crippen LogP) is 0.0172. The number of hydrogen-bond donors (Lipinski definition) is 3. The van der Waals surface area contributed by atoms with E-state index in [1.807, 2.05) is 0 Å². The van der Waals surface area contributed by atoms with Gasteiger partial charge in [0.05, 0.1) is 5.60 Å². The number of rotatable bonds is 5. The molecule has 0 radical (unpaired) electrons. The molecule has 1 fully saturated rings. The van der Waals surface area contributed by atoms with Crippen molar-refractivity contribution in [2.45, 2.75) is 38.2 Å². The SMILES string of the molecule is CC(=O)NCCNCC1(O)CCCC1. The van der Waals surface area contributed by atoms with Crippen LogP contribution in [-0.2, 0) is 4.79 Å². The van der Waals surface area contributed by atoms with Gasteiger partial charge in [0.2, 0.25) is 5.91 Å². The molecule has 0 heterocycles. The third-order valence-electron chi connectivity index (χ3n) is 2.66. The van der Waals surface area contributed by atoms with Crippen molar-refractivity contribution in [3.8, 4) is 0 Å². The molecule has 1 aliphatic carbocycles. The molecule has 0 aromatic heterocycles. The van der Waals surface area contributed by atoms with Crippen LogP contribution in [0.15, 0.2) is 0 Å². The smallest absolute Gasteiger partial charge is 0.216 e. The number of hydrogen-bond acceptors (Lipinski definition) is 3. The molecule has 0 unspecified atom stereocenters. The summed E-state index contributed by atoms with van der Waals surface area (Å²) in [6, 6.07) is 0. The zero-order chi connectivity index (χ0) is 10.4. The topological polar surface area (TPSA) is 61.4 Å². The Bertz CT molecular complexity index is 189. The molecule has 1 saturated carbocycles. The quantitative estimate of drug-likeness (QED) is 0.548. The Morgan fingerprint density at radius 3 is 2.57 bits per heavy atom. The van der Waals surface area contributed by atoms with E-state index < -0.39 is 5.60 Å². The van der Waals surface area contributed by atoms with E-state index >= 15 is 0 Å². The number of nitrogens with one attached hydrogen (secondary N) is 2. The first-order chi connectivity index (χ1) is 6.62. The Kier molecular flexibility index (Phi) is 4.35. The molecule has 0 aliphatic heterocycles. The van der Waals surface area contributed by atoms with Crippen molar-refractivity contribution < 1.29 is 9.90 Å². The van der Waals surface area contributed by atoms with Crippen molar-refractivity contribution in [2.24, 2.45) is 0 Å². The lowest BCUT2D eigenvalue weighted by molar-refractivity contribution is -0.118. The van der Waals surface area contributed by atoms with Crippen molar-refractivity contribution >= 4 is 5.91 Å². The van der Waals surface area contributed by atoms with Crippen molar-refractivity contribution in [1.82, 2.24) is 10.6 Å². The highest BCUT2D eigenvalue weighted by Crippen LogP contribution is 2.28. The third-order valence-corrected chi connectivity index (χ3v) is 2.66. The molecule has 0 saturated heterocycles. The van der Waals surface area contributed by atoms with E-state index in [9.17, 15) is 9.90 Å². The van der Waals surface area contributed by atoms with E-state index in [0.29, 0.717) is 13.1 Å². The molecule has 4 heteroatoms. The molecule has 1 aliphatic rings. The van der Waals surface area contributed by atoms with Crippen molar-refractivity contribution in [1.29, 1.82) is 0 Å². The van der Waals surface area contributed by atoms with Gasteiger partial charge in [0.1, 0.15) is 0 Å². The van der Waals surface area contributed by atoms with Gasteiger partial charge in [0.25, 0.3) is 0 Å². The second-order valence-corrected chi connectivity index (χ2v) is 4.09. The zero-order valence-corrected chi connectivity index (χ0v) is 8.81. The zero-order valence-electron chi connectivity index (χ0n) is 8.81. The van der Waals surface area contributed by atoms with Crippen LogP contribution in [0.5, 0.6) is 0 Å². The first-order valence-corrected chi connectivity index (χ1v) is 5.30. The summed E-state index contributed by atoms with van der Waals surface area (Å²) in [5, 5.41) is 15.8. The lowest BCUT2D eigenvalue weighted by Crippen LogP contribution is -2.40. The Morgan fingerprint density at radius 2 is 2.00 bits per heavy atom. The number of carbonyl (C=O) groups is 1. The molecule has 3 N–H and O–H groups in total. The highest BCUT2D eigenvalue weighted by molar-refractivity contribution is 5.72. The molecule has 1 rings (SSSR count). The summed E-state index contributed by atoms with van der Waals surface area (Å²) in [6.45, 7) is 3.50. The van der Waals surface area contributed by atoms with Gasteiger partial charge in [-0.05, 0) is 12.8 Å². The first-order valence-electron chi connectivity index (χ1n) is 5.30. The summed E-state index contributed by atoms with van der Waals surface area (Å²) in [5.41, 5.74) is -0.490. The van der Waals surface area contributed by atoms with Gasteiger partial charge in [0.15, 0.2) is 0 Å². The minimum atomic E-state index is -0.490. The van der Waals surface area contributed by atoms with Crippen LogP contribution in [0.2, 0.25) is 0 Å². The maximum absolute atomic E-state index is 10.5.